The van der Waals surface area contributed by atoms with E-state index in [1.54, 1.807) is 7.11 Å². The van der Waals surface area contributed by atoms with E-state index in [0.29, 0.717) is 32.8 Å². The smallest absolute Gasteiger partial charge is 0.220 e. The van der Waals surface area contributed by atoms with Gasteiger partial charge >= 0.3 is 0 Å². The van der Waals surface area contributed by atoms with Gasteiger partial charge in [0.25, 0.3) is 0 Å². The molecule has 28 heavy (non-hydrogen) atoms. The Kier molecular flexibility index (Phi) is 8.33. The van der Waals surface area contributed by atoms with E-state index in [1.165, 1.54) is 0 Å². The molecule has 1 N–H and O–H groups in total. The van der Waals surface area contributed by atoms with Crippen LogP contribution >= 0.6 is 0 Å². The van der Waals surface area contributed by atoms with Gasteiger partial charge in [0.1, 0.15) is 11.7 Å². The summed E-state index contributed by atoms with van der Waals surface area (Å²) in [7, 11) is 1.62. The molecule has 0 saturated heterocycles. The summed E-state index contributed by atoms with van der Waals surface area (Å²) in [6.45, 7) is 7.97. The standard InChI is InChI=1S/C22H31NO5/c1-14-10-15(2)20(16(3)11-14)21-18(24)12-17(22(21)26)13-19(25)23-6-5-7-28-9-8-27-4/h10-11,17,21H,5-9,12-13H2,1-4H3,(H,23,25). The van der Waals surface area contributed by atoms with Gasteiger partial charge in [0.2, 0.25) is 5.91 Å². The van der Waals surface area contributed by atoms with Crippen molar-refractivity contribution in [1.82, 2.24) is 5.32 Å². The highest BCUT2D eigenvalue weighted by molar-refractivity contribution is 6.15. The van der Waals surface area contributed by atoms with Gasteiger partial charge in [0.05, 0.1) is 13.2 Å². The molecule has 1 fully saturated rings. The van der Waals surface area contributed by atoms with Crippen molar-refractivity contribution in [3.8, 4) is 0 Å². The fourth-order valence-corrected chi connectivity index (χ4v) is 3.92. The molecule has 0 heterocycles. The van der Waals surface area contributed by atoms with Crippen molar-refractivity contribution in [2.45, 2.75) is 46.0 Å². The van der Waals surface area contributed by atoms with Crippen LogP contribution in [0, 0.1) is 26.7 Å². The Bertz CT molecular complexity index is 705. The van der Waals surface area contributed by atoms with Crippen molar-refractivity contribution >= 4 is 17.5 Å². The Morgan fingerprint density at radius 3 is 2.43 bits per heavy atom. The molecule has 2 atom stereocenters. The van der Waals surface area contributed by atoms with E-state index < -0.39 is 11.8 Å². The van der Waals surface area contributed by atoms with E-state index in [1.807, 2.05) is 32.9 Å². The number of amides is 1. The lowest BCUT2D eigenvalue weighted by Crippen LogP contribution is -2.29. The largest absolute Gasteiger partial charge is 0.382 e. The van der Waals surface area contributed by atoms with Gasteiger partial charge in [0.15, 0.2) is 5.78 Å². The molecular formula is C22H31NO5. The molecule has 6 nitrogen and oxygen atoms in total. The first-order valence-corrected chi connectivity index (χ1v) is 9.82. The van der Waals surface area contributed by atoms with Gasteiger partial charge in [-0.05, 0) is 43.9 Å². The van der Waals surface area contributed by atoms with Crippen molar-refractivity contribution < 1.29 is 23.9 Å². The number of carbonyl (C=O) groups is 3. The Morgan fingerprint density at radius 2 is 1.79 bits per heavy atom. The highest BCUT2D eigenvalue weighted by Crippen LogP contribution is 2.37. The second-order valence-corrected chi connectivity index (χ2v) is 7.53. The zero-order chi connectivity index (χ0) is 20.7. The highest BCUT2D eigenvalue weighted by Gasteiger charge is 2.43. The summed E-state index contributed by atoms with van der Waals surface area (Å²) in [5.74, 6) is -1.66. The normalized spacial score (nSPS) is 19.3. The second-order valence-electron chi connectivity index (χ2n) is 7.53. The molecule has 1 aromatic carbocycles. The van der Waals surface area contributed by atoms with Crippen molar-refractivity contribution in [2.24, 2.45) is 5.92 Å². The summed E-state index contributed by atoms with van der Waals surface area (Å²) >= 11 is 0. The molecule has 0 bridgehead atoms. The molecule has 2 rings (SSSR count). The minimum atomic E-state index is -0.729. The van der Waals surface area contributed by atoms with E-state index in [0.717, 1.165) is 22.3 Å². The third-order valence-electron chi connectivity index (χ3n) is 5.13. The van der Waals surface area contributed by atoms with Crippen molar-refractivity contribution in [3.05, 3.63) is 34.4 Å². The Labute approximate surface area is 167 Å². The maximum Gasteiger partial charge on any atom is 0.220 e. The molecule has 1 aliphatic rings. The Balaban J connectivity index is 1.87. The molecule has 1 amide bonds. The zero-order valence-corrected chi connectivity index (χ0v) is 17.3. The molecule has 0 spiro atoms. The van der Waals surface area contributed by atoms with Gasteiger partial charge in [-0.1, -0.05) is 17.7 Å². The number of hydrogen-bond acceptors (Lipinski definition) is 5. The number of aryl methyl sites for hydroxylation is 3. The number of hydrogen-bond donors (Lipinski definition) is 1. The van der Waals surface area contributed by atoms with Crippen LogP contribution < -0.4 is 5.32 Å². The molecule has 2 unspecified atom stereocenters. The molecule has 1 aromatic rings. The molecule has 154 valence electrons. The van der Waals surface area contributed by atoms with Crippen LogP contribution in [0.5, 0.6) is 0 Å². The van der Waals surface area contributed by atoms with Crippen LogP contribution in [-0.2, 0) is 23.9 Å². The minimum Gasteiger partial charge on any atom is -0.382 e. The molecular weight excluding hydrogens is 358 g/mol. The predicted molar refractivity (Wildman–Crippen MR) is 106 cm³/mol. The average molecular weight is 389 g/mol. The monoisotopic (exact) mass is 389 g/mol. The number of benzene rings is 1. The SMILES string of the molecule is COCCOCCCNC(=O)CC1CC(=O)C(c2c(C)cc(C)cc2C)C1=O. The number of ether oxygens (including phenoxy) is 2. The van der Waals surface area contributed by atoms with Crippen LogP contribution in [0.2, 0.25) is 0 Å². The van der Waals surface area contributed by atoms with Crippen LogP contribution in [0.3, 0.4) is 0 Å². The molecule has 0 radical (unpaired) electrons. The molecule has 1 aliphatic carbocycles. The zero-order valence-electron chi connectivity index (χ0n) is 17.3. The molecule has 0 aliphatic heterocycles. The summed E-state index contributed by atoms with van der Waals surface area (Å²) in [4.78, 5) is 37.6. The third kappa shape index (κ3) is 5.72. The molecule has 6 heteroatoms. The summed E-state index contributed by atoms with van der Waals surface area (Å²) in [6, 6.07) is 4.00. The Morgan fingerprint density at radius 1 is 1.11 bits per heavy atom. The van der Waals surface area contributed by atoms with Gasteiger partial charge in [-0.15, -0.1) is 0 Å². The van der Waals surface area contributed by atoms with Crippen LogP contribution in [0.25, 0.3) is 0 Å². The lowest BCUT2D eigenvalue weighted by atomic mass is 9.86. The van der Waals surface area contributed by atoms with E-state index in [9.17, 15) is 14.4 Å². The van der Waals surface area contributed by atoms with Gasteiger partial charge in [-0.2, -0.15) is 0 Å². The number of ketones is 2. The van der Waals surface area contributed by atoms with E-state index in [2.05, 4.69) is 5.32 Å². The number of rotatable bonds is 10. The first kappa shape index (κ1) is 22.2. The van der Waals surface area contributed by atoms with Crippen LogP contribution in [-0.4, -0.2) is 50.9 Å². The van der Waals surface area contributed by atoms with Crippen LogP contribution in [0.4, 0.5) is 0 Å². The molecule has 1 saturated carbocycles. The fraction of sp³-hybridized carbons (Fsp3) is 0.591. The molecule has 0 aromatic heterocycles. The Hall–Kier alpha value is -2.05. The van der Waals surface area contributed by atoms with Gasteiger partial charge in [-0.3, -0.25) is 14.4 Å². The van der Waals surface area contributed by atoms with Crippen molar-refractivity contribution in [2.75, 3.05) is 33.5 Å². The number of nitrogens with one attached hydrogen (secondary N) is 1. The topological polar surface area (TPSA) is 81.7 Å². The quantitative estimate of drug-likeness (QED) is 0.491. The number of carbonyl (C=O) groups excluding carboxylic acids is 3. The lowest BCUT2D eigenvalue weighted by Gasteiger charge is -2.16. The lowest BCUT2D eigenvalue weighted by molar-refractivity contribution is -0.128. The summed E-state index contributed by atoms with van der Waals surface area (Å²) in [5.41, 5.74) is 3.85. The second kappa shape index (κ2) is 10.5. The van der Waals surface area contributed by atoms with Crippen molar-refractivity contribution in [1.29, 1.82) is 0 Å². The van der Waals surface area contributed by atoms with Crippen LogP contribution in [0.15, 0.2) is 12.1 Å². The highest BCUT2D eigenvalue weighted by atomic mass is 16.5. The fourth-order valence-electron chi connectivity index (χ4n) is 3.92. The van der Waals surface area contributed by atoms with Gasteiger partial charge in [-0.25, -0.2) is 0 Å². The first-order valence-electron chi connectivity index (χ1n) is 9.82. The van der Waals surface area contributed by atoms with E-state index in [-0.39, 0.29) is 30.3 Å². The predicted octanol–water partition coefficient (Wildman–Crippen LogP) is 2.41. The van der Waals surface area contributed by atoms with Gasteiger partial charge < -0.3 is 14.8 Å². The van der Waals surface area contributed by atoms with Gasteiger partial charge in [0, 0.05) is 39.0 Å². The number of methoxy groups -OCH3 is 1. The first-order chi connectivity index (χ1) is 13.3. The maximum absolute atomic E-state index is 12.9. The van der Waals surface area contributed by atoms with Crippen molar-refractivity contribution in [3.63, 3.8) is 0 Å². The summed E-state index contributed by atoms with van der Waals surface area (Å²) in [6.07, 6.45) is 0.900. The van der Waals surface area contributed by atoms with E-state index in [4.69, 9.17) is 9.47 Å². The van der Waals surface area contributed by atoms with Crippen LogP contribution in [0.1, 0.15) is 47.4 Å². The minimum absolute atomic E-state index is 0.0650. The maximum atomic E-state index is 12.9. The third-order valence-corrected chi connectivity index (χ3v) is 5.13. The summed E-state index contributed by atoms with van der Waals surface area (Å²) in [5, 5.41) is 2.81. The number of Topliss-reactive ketones (excluding diaryl/α,β-unsaturated/α-hetero) is 2. The summed E-state index contributed by atoms with van der Waals surface area (Å²) < 4.78 is 10.2. The average Bonchev–Trinajstić information content (AvgIpc) is 2.88. The van der Waals surface area contributed by atoms with E-state index >= 15 is 0 Å².